The minimum Gasteiger partial charge on any atom is -0.486 e. The van der Waals surface area contributed by atoms with Crippen molar-refractivity contribution < 1.29 is 22.7 Å². The van der Waals surface area contributed by atoms with Crippen LogP contribution in [0.3, 0.4) is 0 Å². The van der Waals surface area contributed by atoms with E-state index in [1.807, 2.05) is 0 Å². The SMILES string of the molecule is O=C(c1ccc(COc2ccc(F)cc2)o1)N1CCN(c2ccc(F)cc2)CC1. The second kappa shape index (κ2) is 8.34. The first-order valence-corrected chi connectivity index (χ1v) is 9.35. The van der Waals surface area contributed by atoms with Crippen LogP contribution in [0.1, 0.15) is 16.3 Å². The lowest BCUT2D eigenvalue weighted by Gasteiger charge is -2.35. The summed E-state index contributed by atoms with van der Waals surface area (Å²) in [6.45, 7) is 2.59. The molecule has 0 saturated carbocycles. The van der Waals surface area contributed by atoms with Gasteiger partial charge in [0.05, 0.1) is 0 Å². The topological polar surface area (TPSA) is 45.9 Å². The molecular weight excluding hydrogens is 378 g/mol. The molecule has 0 unspecified atom stereocenters. The quantitative estimate of drug-likeness (QED) is 0.649. The van der Waals surface area contributed by atoms with E-state index in [-0.39, 0.29) is 29.9 Å². The molecule has 1 aromatic heterocycles. The van der Waals surface area contributed by atoms with Gasteiger partial charge >= 0.3 is 0 Å². The van der Waals surface area contributed by atoms with E-state index in [1.54, 1.807) is 29.2 Å². The largest absolute Gasteiger partial charge is 0.486 e. The normalized spacial score (nSPS) is 14.1. The number of benzene rings is 2. The fourth-order valence-corrected chi connectivity index (χ4v) is 3.23. The lowest BCUT2D eigenvalue weighted by Crippen LogP contribution is -2.48. The molecule has 0 radical (unpaired) electrons. The third kappa shape index (κ3) is 4.56. The number of halogens is 2. The molecule has 0 spiro atoms. The molecule has 1 aliphatic rings. The van der Waals surface area contributed by atoms with Gasteiger partial charge in [-0.15, -0.1) is 0 Å². The number of nitrogens with zero attached hydrogens (tertiary/aromatic N) is 2. The molecule has 0 aliphatic carbocycles. The van der Waals surface area contributed by atoms with Gasteiger partial charge in [0, 0.05) is 31.9 Å². The van der Waals surface area contributed by atoms with Gasteiger partial charge < -0.3 is 19.0 Å². The van der Waals surface area contributed by atoms with Gasteiger partial charge in [0.15, 0.2) is 5.76 Å². The van der Waals surface area contributed by atoms with E-state index in [0.29, 0.717) is 37.7 Å². The highest BCUT2D eigenvalue weighted by Crippen LogP contribution is 2.19. The summed E-state index contributed by atoms with van der Waals surface area (Å²) < 4.78 is 37.2. The average molecular weight is 398 g/mol. The zero-order chi connectivity index (χ0) is 20.2. The Morgan fingerprint density at radius 2 is 1.48 bits per heavy atom. The molecule has 1 amide bonds. The summed E-state index contributed by atoms with van der Waals surface area (Å²) in [7, 11) is 0. The van der Waals surface area contributed by atoms with Crippen molar-refractivity contribution >= 4 is 11.6 Å². The lowest BCUT2D eigenvalue weighted by molar-refractivity contribution is 0.0710. The van der Waals surface area contributed by atoms with Crippen LogP contribution in [0.5, 0.6) is 5.75 Å². The summed E-state index contributed by atoms with van der Waals surface area (Å²) >= 11 is 0. The van der Waals surface area contributed by atoms with E-state index < -0.39 is 0 Å². The maximum atomic E-state index is 13.1. The van der Waals surface area contributed by atoms with Crippen LogP contribution in [-0.4, -0.2) is 37.0 Å². The first-order chi connectivity index (χ1) is 14.1. The number of carbonyl (C=O) groups excluding carboxylic acids is 1. The van der Waals surface area contributed by atoms with Gasteiger partial charge in [0.25, 0.3) is 5.91 Å². The molecule has 1 aliphatic heterocycles. The van der Waals surface area contributed by atoms with Crippen LogP contribution < -0.4 is 9.64 Å². The highest BCUT2D eigenvalue weighted by atomic mass is 19.1. The van der Waals surface area contributed by atoms with Crippen LogP contribution in [0, 0.1) is 11.6 Å². The number of rotatable bonds is 5. The van der Waals surface area contributed by atoms with Gasteiger partial charge in [-0.3, -0.25) is 4.79 Å². The van der Waals surface area contributed by atoms with Crippen LogP contribution in [0.15, 0.2) is 65.1 Å². The Morgan fingerprint density at radius 1 is 0.862 bits per heavy atom. The van der Waals surface area contributed by atoms with E-state index in [4.69, 9.17) is 9.15 Å². The van der Waals surface area contributed by atoms with Crippen molar-refractivity contribution in [1.29, 1.82) is 0 Å². The second-order valence-electron chi connectivity index (χ2n) is 6.76. The number of anilines is 1. The van der Waals surface area contributed by atoms with Crippen LogP contribution >= 0.6 is 0 Å². The van der Waals surface area contributed by atoms with Crippen molar-refractivity contribution in [3.8, 4) is 5.75 Å². The van der Waals surface area contributed by atoms with Crippen molar-refractivity contribution in [3.63, 3.8) is 0 Å². The van der Waals surface area contributed by atoms with E-state index in [0.717, 1.165) is 5.69 Å². The Kier molecular flexibility index (Phi) is 5.46. The maximum Gasteiger partial charge on any atom is 0.289 e. The maximum absolute atomic E-state index is 13.1. The predicted molar refractivity (Wildman–Crippen MR) is 104 cm³/mol. The van der Waals surface area contributed by atoms with Crippen LogP contribution in [0.4, 0.5) is 14.5 Å². The smallest absolute Gasteiger partial charge is 0.289 e. The predicted octanol–water partition coefficient (Wildman–Crippen LogP) is 4.10. The Morgan fingerprint density at radius 3 is 2.14 bits per heavy atom. The standard InChI is InChI=1S/C22H20F2N2O3/c23-16-1-5-18(6-2-16)25-11-13-26(14-12-25)22(27)21-10-9-20(29-21)15-28-19-7-3-17(24)4-8-19/h1-10H,11-15H2. The molecule has 3 aromatic rings. The first kappa shape index (κ1) is 19.0. The fourth-order valence-electron chi connectivity index (χ4n) is 3.23. The van der Waals surface area contributed by atoms with E-state index in [1.165, 1.54) is 36.4 Å². The monoisotopic (exact) mass is 398 g/mol. The number of ether oxygens (including phenoxy) is 1. The summed E-state index contributed by atoms with van der Waals surface area (Å²) in [4.78, 5) is 16.6. The molecule has 29 heavy (non-hydrogen) atoms. The van der Waals surface area contributed by atoms with Gasteiger partial charge in [0.2, 0.25) is 0 Å². The van der Waals surface area contributed by atoms with Crippen molar-refractivity contribution in [2.75, 3.05) is 31.1 Å². The Hall–Kier alpha value is -3.35. The van der Waals surface area contributed by atoms with Crippen LogP contribution in [0.25, 0.3) is 0 Å². The van der Waals surface area contributed by atoms with E-state index in [9.17, 15) is 13.6 Å². The van der Waals surface area contributed by atoms with Crippen molar-refractivity contribution in [1.82, 2.24) is 4.90 Å². The fraction of sp³-hybridized carbons (Fsp3) is 0.227. The number of hydrogen-bond donors (Lipinski definition) is 0. The Balaban J connectivity index is 1.31. The second-order valence-corrected chi connectivity index (χ2v) is 6.76. The zero-order valence-electron chi connectivity index (χ0n) is 15.7. The van der Waals surface area contributed by atoms with Crippen LogP contribution in [0.2, 0.25) is 0 Å². The van der Waals surface area contributed by atoms with Gasteiger partial charge in [-0.1, -0.05) is 0 Å². The van der Waals surface area contributed by atoms with E-state index >= 15 is 0 Å². The molecule has 2 heterocycles. The number of hydrogen-bond acceptors (Lipinski definition) is 4. The average Bonchev–Trinajstić information content (AvgIpc) is 3.23. The molecule has 4 rings (SSSR count). The molecule has 1 saturated heterocycles. The van der Waals surface area contributed by atoms with Gasteiger partial charge in [0.1, 0.15) is 29.8 Å². The van der Waals surface area contributed by atoms with Gasteiger partial charge in [-0.05, 0) is 60.7 Å². The minimum atomic E-state index is -0.331. The lowest BCUT2D eigenvalue weighted by atomic mass is 10.2. The number of amides is 1. The molecule has 0 N–H and O–H groups in total. The highest BCUT2D eigenvalue weighted by molar-refractivity contribution is 5.91. The summed E-state index contributed by atoms with van der Waals surface area (Å²) in [6, 6.07) is 15.4. The summed E-state index contributed by atoms with van der Waals surface area (Å²) in [6.07, 6.45) is 0. The number of carbonyl (C=O) groups is 1. The molecule has 2 aromatic carbocycles. The van der Waals surface area contributed by atoms with Crippen LogP contribution in [-0.2, 0) is 6.61 Å². The summed E-state index contributed by atoms with van der Waals surface area (Å²) in [5, 5.41) is 0. The molecule has 7 heteroatoms. The Labute approximate surface area is 167 Å². The molecular formula is C22H20F2N2O3. The van der Waals surface area contributed by atoms with Crippen molar-refractivity contribution in [2.24, 2.45) is 0 Å². The number of piperazine rings is 1. The third-order valence-corrected chi connectivity index (χ3v) is 4.83. The molecule has 0 atom stereocenters. The number of furan rings is 1. The molecule has 0 bridgehead atoms. The molecule has 150 valence electrons. The van der Waals surface area contributed by atoms with Crippen molar-refractivity contribution in [3.05, 3.63) is 83.8 Å². The highest BCUT2D eigenvalue weighted by Gasteiger charge is 2.24. The zero-order valence-corrected chi connectivity index (χ0v) is 15.7. The summed E-state index contributed by atoms with van der Waals surface area (Å²) in [5.74, 6) is 0.535. The molecule has 5 nitrogen and oxygen atoms in total. The van der Waals surface area contributed by atoms with Crippen molar-refractivity contribution in [2.45, 2.75) is 6.61 Å². The third-order valence-electron chi connectivity index (χ3n) is 4.83. The minimum absolute atomic E-state index is 0.150. The Bertz CT molecular complexity index is 962. The van der Waals surface area contributed by atoms with Gasteiger partial charge in [-0.2, -0.15) is 0 Å². The van der Waals surface area contributed by atoms with Gasteiger partial charge in [-0.25, -0.2) is 8.78 Å². The summed E-state index contributed by atoms with van der Waals surface area (Å²) in [5.41, 5.74) is 0.941. The van der Waals surface area contributed by atoms with E-state index in [2.05, 4.69) is 4.90 Å². The first-order valence-electron chi connectivity index (χ1n) is 9.35. The molecule has 1 fully saturated rings.